The summed E-state index contributed by atoms with van der Waals surface area (Å²) in [7, 11) is 0. The van der Waals surface area contributed by atoms with E-state index < -0.39 is 6.04 Å². The summed E-state index contributed by atoms with van der Waals surface area (Å²) in [4.78, 5) is 7.72. The Labute approximate surface area is 57.7 Å². The second kappa shape index (κ2) is 2.20. The van der Waals surface area contributed by atoms with Crippen LogP contribution >= 0.6 is 12.2 Å². The highest BCUT2D eigenvalue weighted by atomic mass is 32.1. The molecule has 4 N–H and O–H groups in total. The molecule has 0 amide bonds. The predicted octanol–water partition coefficient (Wildman–Crippen LogP) is -0.960. The molecule has 0 aromatic heterocycles. The van der Waals surface area contributed by atoms with Crippen molar-refractivity contribution in [3.8, 4) is 0 Å². The van der Waals surface area contributed by atoms with Crippen LogP contribution in [0, 0.1) is 0 Å². The molecule has 0 spiro atoms. The Bertz CT molecular complexity index is 195. The molecule has 1 heterocycles. The molecule has 0 radical (unpaired) electrons. The smallest absolute Gasteiger partial charge is 0.129 e. The molecule has 0 saturated heterocycles. The van der Waals surface area contributed by atoms with E-state index in [2.05, 4.69) is 9.98 Å². The molecule has 1 atom stereocenters. The maximum atomic E-state index is 5.41. The van der Waals surface area contributed by atoms with E-state index in [9.17, 15) is 0 Å². The lowest BCUT2D eigenvalue weighted by Crippen LogP contribution is -2.43. The summed E-state index contributed by atoms with van der Waals surface area (Å²) < 4.78 is 0. The highest BCUT2D eigenvalue weighted by Gasteiger charge is 2.14. The minimum Gasteiger partial charge on any atom is -0.385 e. The Morgan fingerprint density at radius 1 is 1.67 bits per heavy atom. The van der Waals surface area contributed by atoms with E-state index in [1.54, 1.807) is 0 Å². The Kier molecular flexibility index (Phi) is 1.54. The van der Waals surface area contributed by atoms with Gasteiger partial charge >= 0.3 is 0 Å². The van der Waals surface area contributed by atoms with E-state index in [-0.39, 0.29) is 0 Å². The average molecular weight is 142 g/mol. The fourth-order valence-electron chi connectivity index (χ4n) is 0.440. The number of aliphatic imine (C=N–C) groups is 2. The molecule has 4 nitrogen and oxygen atoms in total. The van der Waals surface area contributed by atoms with Crippen molar-refractivity contribution in [3.05, 3.63) is 0 Å². The van der Waals surface area contributed by atoms with Gasteiger partial charge in [-0.1, -0.05) is 12.2 Å². The van der Waals surface area contributed by atoms with Crippen molar-refractivity contribution >= 4 is 29.4 Å². The van der Waals surface area contributed by atoms with Crippen LogP contribution in [0.15, 0.2) is 9.98 Å². The van der Waals surface area contributed by atoms with Crippen LogP contribution in [0.4, 0.5) is 0 Å². The summed E-state index contributed by atoms with van der Waals surface area (Å²) in [6.45, 7) is 0. The van der Waals surface area contributed by atoms with Crippen LogP contribution in [-0.4, -0.2) is 23.2 Å². The second-order valence-corrected chi connectivity index (χ2v) is 2.03. The fourth-order valence-corrected chi connectivity index (χ4v) is 0.607. The first-order valence-corrected chi connectivity index (χ1v) is 2.78. The lowest BCUT2D eigenvalue weighted by atomic mass is 10.3. The summed E-state index contributed by atoms with van der Waals surface area (Å²) in [6.07, 6.45) is 1.31. The summed E-state index contributed by atoms with van der Waals surface area (Å²) in [5.41, 5.74) is 10.7. The zero-order chi connectivity index (χ0) is 6.85. The Morgan fingerprint density at radius 3 is 2.78 bits per heavy atom. The van der Waals surface area contributed by atoms with Crippen molar-refractivity contribution in [1.82, 2.24) is 0 Å². The normalized spacial score (nSPS) is 26.1. The Balaban J connectivity index is 2.86. The average Bonchev–Trinajstić information content (AvgIpc) is 1.83. The molecule has 0 aromatic rings. The number of hydrogen-bond acceptors (Lipinski definition) is 4. The van der Waals surface area contributed by atoms with E-state index >= 15 is 0 Å². The monoisotopic (exact) mass is 142 g/mol. The molecular formula is C4H6N4S. The third-order valence-electron chi connectivity index (χ3n) is 0.976. The van der Waals surface area contributed by atoms with Gasteiger partial charge in [0.2, 0.25) is 0 Å². The van der Waals surface area contributed by atoms with Crippen molar-refractivity contribution in [2.24, 2.45) is 21.5 Å². The highest BCUT2D eigenvalue weighted by molar-refractivity contribution is 7.80. The van der Waals surface area contributed by atoms with Gasteiger partial charge in [0.15, 0.2) is 0 Å². The summed E-state index contributed by atoms with van der Waals surface area (Å²) in [5.74, 6) is 0.329. The SMILES string of the molecule is NC1=NC=NC(=S)C1N. The largest absolute Gasteiger partial charge is 0.385 e. The molecule has 1 aliphatic heterocycles. The third kappa shape index (κ3) is 1.11. The lowest BCUT2D eigenvalue weighted by Gasteiger charge is -2.10. The van der Waals surface area contributed by atoms with Gasteiger partial charge in [-0.25, -0.2) is 9.98 Å². The van der Waals surface area contributed by atoms with Crippen molar-refractivity contribution in [3.63, 3.8) is 0 Å². The van der Waals surface area contributed by atoms with Gasteiger partial charge in [-0.05, 0) is 0 Å². The third-order valence-corrected chi connectivity index (χ3v) is 1.34. The molecule has 48 valence electrons. The Hall–Kier alpha value is -0.810. The lowest BCUT2D eigenvalue weighted by molar-refractivity contribution is 1.11. The van der Waals surface area contributed by atoms with E-state index in [0.717, 1.165) is 0 Å². The van der Waals surface area contributed by atoms with Gasteiger partial charge in [0.05, 0.1) is 0 Å². The second-order valence-electron chi connectivity index (χ2n) is 1.61. The first kappa shape index (κ1) is 6.31. The van der Waals surface area contributed by atoms with Gasteiger partial charge in [-0.3, -0.25) is 0 Å². The Morgan fingerprint density at radius 2 is 2.33 bits per heavy atom. The van der Waals surface area contributed by atoms with E-state index in [4.69, 9.17) is 23.7 Å². The highest BCUT2D eigenvalue weighted by Crippen LogP contribution is 1.92. The molecule has 0 aromatic carbocycles. The molecule has 1 rings (SSSR count). The zero-order valence-corrected chi connectivity index (χ0v) is 5.43. The van der Waals surface area contributed by atoms with Crippen molar-refractivity contribution in [1.29, 1.82) is 0 Å². The van der Waals surface area contributed by atoms with E-state index in [0.29, 0.717) is 10.8 Å². The van der Waals surface area contributed by atoms with Crippen LogP contribution in [-0.2, 0) is 0 Å². The predicted molar refractivity (Wildman–Crippen MR) is 40.7 cm³/mol. The van der Waals surface area contributed by atoms with Gasteiger partial charge in [-0.15, -0.1) is 0 Å². The number of amidine groups is 1. The van der Waals surface area contributed by atoms with Gasteiger partial charge < -0.3 is 11.5 Å². The van der Waals surface area contributed by atoms with Gasteiger partial charge in [0, 0.05) is 0 Å². The topological polar surface area (TPSA) is 76.8 Å². The summed E-state index contributed by atoms with van der Waals surface area (Å²) in [5, 5.41) is 0. The van der Waals surface area contributed by atoms with Crippen LogP contribution in [0.2, 0.25) is 0 Å². The van der Waals surface area contributed by atoms with Gasteiger partial charge in [0.25, 0.3) is 0 Å². The minimum absolute atomic E-state index is 0.329. The van der Waals surface area contributed by atoms with Crippen LogP contribution in [0.3, 0.4) is 0 Å². The van der Waals surface area contributed by atoms with E-state index in [1.807, 2.05) is 0 Å². The molecule has 0 fully saturated rings. The number of rotatable bonds is 0. The number of nitrogens with zero attached hydrogens (tertiary/aromatic N) is 2. The molecular weight excluding hydrogens is 136 g/mol. The zero-order valence-electron chi connectivity index (χ0n) is 4.61. The number of nitrogens with two attached hydrogens (primary N) is 2. The first-order valence-electron chi connectivity index (χ1n) is 2.37. The molecule has 0 bridgehead atoms. The van der Waals surface area contributed by atoms with E-state index in [1.165, 1.54) is 6.34 Å². The maximum Gasteiger partial charge on any atom is 0.129 e. The fraction of sp³-hybridized carbons (Fsp3) is 0.250. The molecule has 5 heteroatoms. The minimum atomic E-state index is -0.468. The number of hydrogen-bond donors (Lipinski definition) is 2. The van der Waals surface area contributed by atoms with Crippen LogP contribution in [0.5, 0.6) is 0 Å². The van der Waals surface area contributed by atoms with Gasteiger partial charge in [0.1, 0.15) is 23.2 Å². The quantitative estimate of drug-likeness (QED) is 0.428. The van der Waals surface area contributed by atoms with Crippen molar-refractivity contribution < 1.29 is 0 Å². The summed E-state index contributed by atoms with van der Waals surface area (Å²) in [6, 6.07) is -0.468. The molecule has 9 heavy (non-hydrogen) atoms. The maximum absolute atomic E-state index is 5.41. The first-order chi connectivity index (χ1) is 4.22. The van der Waals surface area contributed by atoms with Crippen LogP contribution < -0.4 is 11.5 Å². The molecule has 0 saturated carbocycles. The van der Waals surface area contributed by atoms with Crippen LogP contribution in [0.25, 0.3) is 0 Å². The molecule has 1 unspecified atom stereocenters. The molecule has 1 aliphatic rings. The summed E-state index contributed by atoms with van der Waals surface area (Å²) >= 11 is 4.72. The molecule has 0 aliphatic carbocycles. The van der Waals surface area contributed by atoms with Crippen LogP contribution in [0.1, 0.15) is 0 Å². The van der Waals surface area contributed by atoms with Gasteiger partial charge in [-0.2, -0.15) is 0 Å². The standard InChI is InChI=1S/C4H6N4S/c5-2-3(6)7-1-8-4(2)9/h1-2H,5H2,(H2,6,7,8,9). The number of thiocarbonyl (C=S) groups is 1. The van der Waals surface area contributed by atoms with Crippen molar-refractivity contribution in [2.75, 3.05) is 0 Å². The van der Waals surface area contributed by atoms with Crippen molar-refractivity contribution in [2.45, 2.75) is 6.04 Å².